The van der Waals surface area contributed by atoms with Gasteiger partial charge in [0.1, 0.15) is 11.3 Å². The summed E-state index contributed by atoms with van der Waals surface area (Å²) in [5.41, 5.74) is 2.25. The second-order valence-electron chi connectivity index (χ2n) is 9.64. The van der Waals surface area contributed by atoms with Gasteiger partial charge in [-0.25, -0.2) is 14.4 Å². The van der Waals surface area contributed by atoms with Crippen molar-refractivity contribution in [1.29, 1.82) is 0 Å². The molecule has 1 saturated carbocycles. The summed E-state index contributed by atoms with van der Waals surface area (Å²) < 4.78 is 14.4. The Labute approximate surface area is 208 Å². The molecule has 10 heteroatoms. The number of nitrogens with zero attached hydrogens (tertiary/aromatic N) is 3. The maximum absolute atomic E-state index is 14.4. The molecule has 0 radical (unpaired) electrons. The van der Waals surface area contributed by atoms with Crippen molar-refractivity contribution in [3.8, 4) is 5.75 Å². The number of hydrogen-bond acceptors (Lipinski definition) is 7. The molecule has 0 bridgehead atoms. The first-order valence-electron chi connectivity index (χ1n) is 12.3. The third-order valence-corrected chi connectivity index (χ3v) is 7.69. The van der Waals surface area contributed by atoms with Crippen molar-refractivity contribution in [2.75, 3.05) is 11.9 Å². The summed E-state index contributed by atoms with van der Waals surface area (Å²) >= 11 is 6.16. The SMILES string of the molecule is Cc1[nH]nc2c(NCc3c(Cl)ccc(O)c3F)nc(C3CCC(C(=O)C4CCCCN4)CC3)nc12. The Morgan fingerprint density at radius 1 is 1.17 bits per heavy atom. The zero-order valence-electron chi connectivity index (χ0n) is 19.7. The zero-order chi connectivity index (χ0) is 24.5. The largest absolute Gasteiger partial charge is 0.505 e. The first-order chi connectivity index (χ1) is 16.9. The Balaban J connectivity index is 1.34. The molecule has 0 spiro atoms. The standard InChI is InChI=1S/C25H30ClFN6O2/c1-13-21-22(33-32-13)25(29-12-16-17(26)9-10-19(34)20(16)27)31-24(30-21)15-7-5-14(6-8-15)23(35)18-4-2-3-11-28-18/h9-10,14-15,18,28,34H,2-8,11-12H2,1H3,(H,32,33)(H,29,30,31). The van der Waals surface area contributed by atoms with Gasteiger partial charge < -0.3 is 15.7 Å². The molecule has 1 aliphatic heterocycles. The number of carbonyl (C=O) groups excluding carboxylic acids is 1. The minimum Gasteiger partial charge on any atom is -0.505 e. The van der Waals surface area contributed by atoms with E-state index in [0.717, 1.165) is 57.2 Å². The molecule has 4 N–H and O–H groups in total. The number of nitrogens with one attached hydrogen (secondary N) is 3. The molecular weight excluding hydrogens is 471 g/mol. The van der Waals surface area contributed by atoms with Crippen LogP contribution in [-0.4, -0.2) is 43.6 Å². The molecular formula is C25H30ClFN6O2. The average molecular weight is 501 g/mol. The molecule has 2 aliphatic rings. The van der Waals surface area contributed by atoms with Crippen LogP contribution >= 0.6 is 11.6 Å². The summed E-state index contributed by atoms with van der Waals surface area (Å²) in [5, 5.41) is 23.7. The van der Waals surface area contributed by atoms with E-state index in [0.29, 0.717) is 28.5 Å². The van der Waals surface area contributed by atoms with E-state index in [9.17, 15) is 14.3 Å². The highest BCUT2D eigenvalue weighted by Gasteiger charge is 2.33. The van der Waals surface area contributed by atoms with Crippen LogP contribution in [0.25, 0.3) is 11.0 Å². The summed E-state index contributed by atoms with van der Waals surface area (Å²) in [6.07, 6.45) is 6.56. The van der Waals surface area contributed by atoms with Crippen molar-refractivity contribution in [2.45, 2.75) is 70.4 Å². The van der Waals surface area contributed by atoms with E-state index in [2.05, 4.69) is 20.8 Å². The van der Waals surface area contributed by atoms with Gasteiger partial charge in [0, 0.05) is 29.0 Å². The number of rotatable bonds is 6. The summed E-state index contributed by atoms with van der Waals surface area (Å²) in [4.78, 5) is 22.5. The molecule has 3 aromatic rings. The number of aromatic hydroxyl groups is 1. The van der Waals surface area contributed by atoms with Gasteiger partial charge in [-0.05, 0) is 64.1 Å². The van der Waals surface area contributed by atoms with Crippen LogP contribution in [0.15, 0.2) is 12.1 Å². The van der Waals surface area contributed by atoms with Crippen molar-refractivity contribution in [3.63, 3.8) is 0 Å². The minimum atomic E-state index is -0.760. The Bertz CT molecular complexity index is 1230. The lowest BCUT2D eigenvalue weighted by molar-refractivity contribution is -0.126. The minimum absolute atomic E-state index is 0.00641. The highest BCUT2D eigenvalue weighted by molar-refractivity contribution is 6.31. The average Bonchev–Trinajstić information content (AvgIpc) is 3.27. The number of aromatic amines is 1. The number of phenolic OH excluding ortho intramolecular Hbond substituents is 1. The number of Topliss-reactive ketones (excluding diaryl/α,β-unsaturated/α-hetero) is 1. The number of carbonyl (C=O) groups is 1. The van der Waals surface area contributed by atoms with E-state index in [-0.39, 0.29) is 35.0 Å². The Morgan fingerprint density at radius 2 is 1.97 bits per heavy atom. The lowest BCUT2D eigenvalue weighted by Crippen LogP contribution is -2.44. The predicted molar refractivity (Wildman–Crippen MR) is 132 cm³/mol. The fraction of sp³-hybridized carbons (Fsp3) is 0.520. The summed E-state index contributed by atoms with van der Waals surface area (Å²) in [7, 11) is 0. The number of anilines is 1. The number of fused-ring (bicyclic) bond motifs is 1. The molecule has 3 heterocycles. The number of phenols is 1. The van der Waals surface area contributed by atoms with Gasteiger partial charge in [-0.15, -0.1) is 0 Å². The third-order valence-electron chi connectivity index (χ3n) is 7.34. The summed E-state index contributed by atoms with van der Waals surface area (Å²) in [5.74, 6) is 0.562. The quantitative estimate of drug-likeness (QED) is 0.385. The van der Waals surface area contributed by atoms with Gasteiger partial charge >= 0.3 is 0 Å². The highest BCUT2D eigenvalue weighted by atomic mass is 35.5. The van der Waals surface area contributed by atoms with E-state index < -0.39 is 11.6 Å². The number of halogens is 2. The van der Waals surface area contributed by atoms with Crippen LogP contribution in [0.2, 0.25) is 5.02 Å². The van der Waals surface area contributed by atoms with E-state index in [1.54, 1.807) is 0 Å². The molecule has 1 atom stereocenters. The monoisotopic (exact) mass is 500 g/mol. The van der Waals surface area contributed by atoms with Crippen molar-refractivity contribution >= 4 is 34.2 Å². The molecule has 186 valence electrons. The van der Waals surface area contributed by atoms with Crippen LogP contribution in [0.1, 0.15) is 67.9 Å². The number of benzene rings is 1. The number of aromatic nitrogens is 4. The first kappa shape index (κ1) is 23.9. The van der Waals surface area contributed by atoms with Gasteiger partial charge in [0.2, 0.25) is 0 Å². The smallest absolute Gasteiger partial charge is 0.171 e. The van der Waals surface area contributed by atoms with Crippen LogP contribution < -0.4 is 10.6 Å². The zero-order valence-corrected chi connectivity index (χ0v) is 20.5. The number of hydrogen-bond donors (Lipinski definition) is 4. The Morgan fingerprint density at radius 3 is 2.71 bits per heavy atom. The van der Waals surface area contributed by atoms with Crippen molar-refractivity contribution in [2.24, 2.45) is 5.92 Å². The van der Waals surface area contributed by atoms with Crippen LogP contribution in [0.3, 0.4) is 0 Å². The highest BCUT2D eigenvalue weighted by Crippen LogP contribution is 2.37. The van der Waals surface area contributed by atoms with Crippen molar-refractivity contribution in [3.05, 3.63) is 40.1 Å². The molecule has 1 saturated heterocycles. The van der Waals surface area contributed by atoms with Crippen LogP contribution in [0.4, 0.5) is 10.2 Å². The molecule has 0 amide bonds. The number of piperidine rings is 1. The Hall–Kier alpha value is -2.78. The number of aryl methyl sites for hydroxylation is 1. The van der Waals surface area contributed by atoms with Crippen LogP contribution in [-0.2, 0) is 11.3 Å². The molecule has 2 fully saturated rings. The lowest BCUT2D eigenvalue weighted by Gasteiger charge is -2.31. The number of H-pyrrole nitrogens is 1. The van der Waals surface area contributed by atoms with E-state index >= 15 is 0 Å². The van der Waals surface area contributed by atoms with Gasteiger partial charge in [0.25, 0.3) is 0 Å². The maximum atomic E-state index is 14.4. The summed E-state index contributed by atoms with van der Waals surface area (Å²) in [6.45, 7) is 2.86. The fourth-order valence-corrected chi connectivity index (χ4v) is 5.49. The van der Waals surface area contributed by atoms with Crippen molar-refractivity contribution in [1.82, 2.24) is 25.5 Å². The lowest BCUT2D eigenvalue weighted by atomic mass is 9.77. The van der Waals surface area contributed by atoms with Crippen molar-refractivity contribution < 1.29 is 14.3 Å². The van der Waals surface area contributed by atoms with Gasteiger partial charge in [-0.3, -0.25) is 9.89 Å². The second kappa shape index (κ2) is 10.1. The Kier molecular flexibility index (Phi) is 6.88. The summed E-state index contributed by atoms with van der Waals surface area (Å²) in [6, 6.07) is 2.69. The van der Waals surface area contributed by atoms with Gasteiger partial charge in [0.05, 0.1) is 11.7 Å². The molecule has 1 aliphatic carbocycles. The fourth-order valence-electron chi connectivity index (χ4n) is 5.27. The van der Waals surface area contributed by atoms with Crippen LogP contribution in [0, 0.1) is 18.7 Å². The van der Waals surface area contributed by atoms with Gasteiger partial charge in [-0.2, -0.15) is 5.10 Å². The molecule has 2 aromatic heterocycles. The maximum Gasteiger partial charge on any atom is 0.171 e. The topological polar surface area (TPSA) is 116 Å². The van der Waals surface area contributed by atoms with E-state index in [1.807, 2.05) is 6.92 Å². The molecule has 5 rings (SSSR count). The van der Waals surface area contributed by atoms with E-state index in [1.165, 1.54) is 12.1 Å². The normalized spacial score (nSPS) is 22.9. The van der Waals surface area contributed by atoms with E-state index in [4.69, 9.17) is 21.6 Å². The molecule has 1 aromatic carbocycles. The van der Waals surface area contributed by atoms with Crippen LogP contribution in [0.5, 0.6) is 5.75 Å². The molecule has 1 unspecified atom stereocenters. The predicted octanol–water partition coefficient (Wildman–Crippen LogP) is 4.76. The van der Waals surface area contributed by atoms with Gasteiger partial charge in [0.15, 0.2) is 28.7 Å². The third kappa shape index (κ3) is 4.84. The first-order valence-corrected chi connectivity index (χ1v) is 12.7. The number of ketones is 1. The molecule has 8 nitrogen and oxygen atoms in total. The van der Waals surface area contributed by atoms with Gasteiger partial charge in [-0.1, -0.05) is 18.0 Å². The second-order valence-corrected chi connectivity index (χ2v) is 10.0. The molecule has 35 heavy (non-hydrogen) atoms.